The second-order valence-electron chi connectivity index (χ2n) is 3.33. The van der Waals surface area contributed by atoms with Gasteiger partial charge in [0, 0.05) is 11.1 Å². The van der Waals surface area contributed by atoms with Crippen LogP contribution in [0.25, 0.3) is 0 Å². The van der Waals surface area contributed by atoms with E-state index in [1.807, 2.05) is 0 Å². The molecule has 1 aliphatic rings. The van der Waals surface area contributed by atoms with Crippen molar-refractivity contribution in [2.45, 2.75) is 32.1 Å². The largest absolute Gasteiger partial charge is 0.412 e. The molecule has 0 saturated carbocycles. The molecule has 0 bridgehead atoms. The van der Waals surface area contributed by atoms with E-state index in [4.69, 9.17) is 0 Å². The summed E-state index contributed by atoms with van der Waals surface area (Å²) in [5.41, 5.74) is -2.11. The van der Waals surface area contributed by atoms with Crippen LogP contribution in [0.3, 0.4) is 0 Å². The topological polar surface area (TPSA) is 0 Å². The van der Waals surface area contributed by atoms with Crippen molar-refractivity contribution in [1.82, 2.24) is 0 Å². The number of allylic oxidation sites excluding steroid dienone is 4. The Kier molecular flexibility index (Phi) is 2.89. The highest BCUT2D eigenvalue weighted by Crippen LogP contribution is 2.40. The molecule has 0 heterocycles. The molecule has 15 heavy (non-hydrogen) atoms. The molecule has 0 radical (unpaired) electrons. The van der Waals surface area contributed by atoms with Crippen LogP contribution in [0.1, 0.15) is 19.8 Å². The smallest absolute Gasteiger partial charge is 0.166 e. The lowest BCUT2D eigenvalue weighted by Crippen LogP contribution is -2.20. The van der Waals surface area contributed by atoms with E-state index in [-0.39, 0.29) is 5.57 Å². The molecule has 1 rings (SSSR count). The van der Waals surface area contributed by atoms with Gasteiger partial charge in [-0.05, 0) is 25.3 Å². The lowest BCUT2D eigenvalue weighted by Gasteiger charge is -2.21. The highest BCUT2D eigenvalue weighted by molar-refractivity contribution is 5.36. The zero-order valence-electron chi connectivity index (χ0n) is 7.76. The third kappa shape index (κ3) is 2.76. The van der Waals surface area contributed by atoms with Crippen LogP contribution in [0, 0.1) is 0 Å². The van der Waals surface area contributed by atoms with Crippen LogP contribution in [0.5, 0.6) is 0 Å². The molecule has 0 atom stereocenters. The average Bonchev–Trinajstić information content (AvgIpc) is 1.99. The predicted octanol–water partition coefficient (Wildman–Crippen LogP) is 4.15. The first-order valence-corrected chi connectivity index (χ1v) is 4.17. The zero-order chi connectivity index (χ0) is 11.9. The molecule has 0 nitrogen and oxygen atoms in total. The summed E-state index contributed by atoms with van der Waals surface area (Å²) in [6, 6.07) is 0. The van der Waals surface area contributed by atoms with Crippen molar-refractivity contribution in [2.24, 2.45) is 0 Å². The quantitative estimate of drug-likeness (QED) is 0.548. The van der Waals surface area contributed by atoms with E-state index in [0.717, 1.165) is 6.92 Å². The van der Waals surface area contributed by atoms with E-state index in [1.165, 1.54) is 0 Å². The van der Waals surface area contributed by atoms with Crippen LogP contribution in [-0.2, 0) is 0 Å². The second kappa shape index (κ2) is 3.57. The van der Waals surface area contributed by atoms with E-state index < -0.39 is 36.3 Å². The Balaban J connectivity index is 3.05. The normalized spacial score (nSPS) is 19.3. The summed E-state index contributed by atoms with van der Waals surface area (Å²) < 4.78 is 73.2. The minimum atomic E-state index is -4.53. The van der Waals surface area contributed by atoms with Gasteiger partial charge in [-0.3, -0.25) is 0 Å². The van der Waals surface area contributed by atoms with Crippen molar-refractivity contribution in [2.75, 3.05) is 0 Å². The second-order valence-corrected chi connectivity index (χ2v) is 3.33. The van der Waals surface area contributed by atoms with Crippen LogP contribution < -0.4 is 0 Å². The summed E-state index contributed by atoms with van der Waals surface area (Å²) in [7, 11) is 0. The average molecular weight is 230 g/mol. The minimum Gasteiger partial charge on any atom is -0.166 e. The standard InChI is InChI=1S/C9H8F6/c1-5-4-6(8(10,11)12)2-3-7(5)9(13,14)15/h4H,2-3H2,1H3. The van der Waals surface area contributed by atoms with E-state index in [9.17, 15) is 26.3 Å². The minimum absolute atomic E-state index is 0.346. The van der Waals surface area contributed by atoms with Crippen molar-refractivity contribution in [3.63, 3.8) is 0 Å². The summed E-state index contributed by atoms with van der Waals surface area (Å²) in [6.07, 6.45) is -9.68. The highest BCUT2D eigenvalue weighted by atomic mass is 19.4. The van der Waals surface area contributed by atoms with Crippen LogP contribution in [0.2, 0.25) is 0 Å². The Hall–Kier alpha value is -0.940. The van der Waals surface area contributed by atoms with Crippen LogP contribution in [0.4, 0.5) is 26.3 Å². The molecular formula is C9H8F6. The summed E-state index contributed by atoms with van der Waals surface area (Å²) in [4.78, 5) is 0. The monoisotopic (exact) mass is 230 g/mol. The van der Waals surface area contributed by atoms with Gasteiger partial charge in [0.1, 0.15) is 0 Å². The van der Waals surface area contributed by atoms with Crippen molar-refractivity contribution >= 4 is 0 Å². The van der Waals surface area contributed by atoms with Gasteiger partial charge >= 0.3 is 12.4 Å². The van der Waals surface area contributed by atoms with Crippen molar-refractivity contribution in [3.8, 4) is 0 Å². The maximum atomic E-state index is 12.2. The number of hydrogen-bond donors (Lipinski definition) is 0. The molecule has 0 fully saturated rings. The van der Waals surface area contributed by atoms with Crippen LogP contribution >= 0.6 is 0 Å². The molecule has 1 aliphatic carbocycles. The Bertz CT molecular complexity index is 314. The van der Waals surface area contributed by atoms with Gasteiger partial charge in [0.05, 0.1) is 0 Å². The third-order valence-electron chi connectivity index (χ3n) is 2.22. The molecule has 0 spiro atoms. The molecule has 0 aromatic rings. The van der Waals surface area contributed by atoms with Gasteiger partial charge in [-0.25, -0.2) is 0 Å². The highest BCUT2D eigenvalue weighted by Gasteiger charge is 2.40. The molecule has 0 N–H and O–H groups in total. The Labute approximate surface area is 82.3 Å². The fourth-order valence-corrected chi connectivity index (χ4v) is 1.47. The molecule has 6 heteroatoms. The van der Waals surface area contributed by atoms with Crippen molar-refractivity contribution < 1.29 is 26.3 Å². The van der Waals surface area contributed by atoms with Crippen LogP contribution in [0.15, 0.2) is 22.8 Å². The lowest BCUT2D eigenvalue weighted by molar-refractivity contribution is -0.103. The first kappa shape index (κ1) is 12.1. The van der Waals surface area contributed by atoms with Gasteiger partial charge in [0.2, 0.25) is 0 Å². The third-order valence-corrected chi connectivity index (χ3v) is 2.22. The Morgan fingerprint density at radius 3 is 1.80 bits per heavy atom. The molecule has 0 aromatic heterocycles. The SMILES string of the molecule is CC1=C(C(F)(F)F)CCC(C(F)(F)F)=C1. The zero-order valence-corrected chi connectivity index (χ0v) is 7.76. The summed E-state index contributed by atoms with van der Waals surface area (Å²) in [5, 5.41) is 0. The van der Waals surface area contributed by atoms with Gasteiger partial charge in [-0.1, -0.05) is 6.08 Å². The van der Waals surface area contributed by atoms with Crippen molar-refractivity contribution in [3.05, 3.63) is 22.8 Å². The number of alkyl halides is 6. The summed E-state index contributed by atoms with van der Waals surface area (Å²) >= 11 is 0. The van der Waals surface area contributed by atoms with E-state index in [2.05, 4.69) is 0 Å². The van der Waals surface area contributed by atoms with Gasteiger partial charge in [0.15, 0.2) is 0 Å². The molecule has 0 unspecified atom stereocenters. The number of halogens is 6. The van der Waals surface area contributed by atoms with Gasteiger partial charge < -0.3 is 0 Å². The maximum Gasteiger partial charge on any atom is 0.412 e. The first-order chi connectivity index (χ1) is 6.62. The fraction of sp³-hybridized carbons (Fsp3) is 0.556. The molecule has 0 aromatic carbocycles. The molecular weight excluding hydrogens is 222 g/mol. The molecule has 0 amide bonds. The maximum absolute atomic E-state index is 12.2. The Morgan fingerprint density at radius 2 is 1.47 bits per heavy atom. The van der Waals surface area contributed by atoms with E-state index in [0.29, 0.717) is 6.08 Å². The predicted molar refractivity (Wildman–Crippen MR) is 42.1 cm³/mol. The summed E-state index contributed by atoms with van der Waals surface area (Å²) in [6.45, 7) is 1.05. The van der Waals surface area contributed by atoms with Gasteiger partial charge in [-0.15, -0.1) is 0 Å². The molecule has 0 saturated heterocycles. The lowest BCUT2D eigenvalue weighted by atomic mass is 9.92. The fourth-order valence-electron chi connectivity index (χ4n) is 1.47. The molecule has 86 valence electrons. The van der Waals surface area contributed by atoms with E-state index in [1.54, 1.807) is 0 Å². The number of hydrogen-bond acceptors (Lipinski definition) is 0. The Morgan fingerprint density at radius 1 is 0.933 bits per heavy atom. The van der Waals surface area contributed by atoms with Gasteiger partial charge in [-0.2, -0.15) is 26.3 Å². The first-order valence-electron chi connectivity index (χ1n) is 4.17. The number of rotatable bonds is 0. The molecule has 0 aliphatic heterocycles. The van der Waals surface area contributed by atoms with Crippen molar-refractivity contribution in [1.29, 1.82) is 0 Å². The van der Waals surface area contributed by atoms with Crippen LogP contribution in [-0.4, -0.2) is 12.4 Å². The van der Waals surface area contributed by atoms with Gasteiger partial charge in [0.25, 0.3) is 0 Å². The van der Waals surface area contributed by atoms with E-state index >= 15 is 0 Å². The summed E-state index contributed by atoms with van der Waals surface area (Å²) in [5.74, 6) is 0.